The highest BCUT2D eigenvalue weighted by Crippen LogP contribution is 2.32. The fourth-order valence-electron chi connectivity index (χ4n) is 3.97. The number of fused-ring (bicyclic) bond motifs is 3. The number of aromatic nitrogens is 2. The summed E-state index contributed by atoms with van der Waals surface area (Å²) in [6, 6.07) is 0. The molecule has 0 unspecified atom stereocenters. The topological polar surface area (TPSA) is 121 Å². The number of nitrogens with zero attached hydrogens (tertiary/aromatic N) is 2. The zero-order chi connectivity index (χ0) is 18.5. The van der Waals surface area contributed by atoms with Crippen LogP contribution in [0.2, 0.25) is 0 Å². The van der Waals surface area contributed by atoms with Crippen molar-refractivity contribution in [3.05, 3.63) is 26.5 Å². The monoisotopic (exact) mass is 377 g/mol. The molecule has 0 bridgehead atoms. The minimum Gasteiger partial charge on any atom is -0.492 e. The summed E-state index contributed by atoms with van der Waals surface area (Å²) >= 11 is 1.35. The van der Waals surface area contributed by atoms with E-state index in [4.69, 9.17) is 0 Å². The number of nitrogens with one attached hydrogen (secondary N) is 1. The van der Waals surface area contributed by atoms with Gasteiger partial charge in [0.15, 0.2) is 10.5 Å². The molecule has 2 aromatic heterocycles. The van der Waals surface area contributed by atoms with E-state index in [0.29, 0.717) is 30.6 Å². The quantitative estimate of drug-likeness (QED) is 0.745. The molecule has 2 aromatic rings. The molecule has 4 rings (SSSR count). The molecule has 8 nitrogen and oxygen atoms in total. The number of thiazole rings is 1. The fraction of sp³-hybridized carbons (Fsp3) is 0.529. The Morgan fingerprint density at radius 3 is 2.54 bits per heavy atom. The second-order valence-corrected chi connectivity index (χ2v) is 8.02. The molecule has 0 radical (unpaired) electrons. The van der Waals surface area contributed by atoms with Crippen LogP contribution in [0.3, 0.4) is 0 Å². The van der Waals surface area contributed by atoms with Crippen LogP contribution in [0.4, 0.5) is 0 Å². The van der Waals surface area contributed by atoms with E-state index in [9.17, 15) is 24.6 Å². The molecule has 1 amide bonds. The molecule has 1 fully saturated rings. The molecule has 0 saturated heterocycles. The van der Waals surface area contributed by atoms with Gasteiger partial charge in [0.1, 0.15) is 5.54 Å². The van der Waals surface area contributed by atoms with Gasteiger partial charge in [-0.05, 0) is 38.5 Å². The van der Waals surface area contributed by atoms with Crippen LogP contribution in [0.5, 0.6) is 5.88 Å². The summed E-state index contributed by atoms with van der Waals surface area (Å²) in [6.07, 6.45) is 5.55. The maximum atomic E-state index is 12.9. The zero-order valence-corrected chi connectivity index (χ0v) is 14.9. The van der Waals surface area contributed by atoms with Crippen molar-refractivity contribution in [3.8, 4) is 5.88 Å². The standard InChI is InChI=1S/C17H19N3O5S/c21-12-11(13(22)19-17(15(24)25)7-3-4-8-17)14(23)20-9-5-1-2-6-10(9)26-16(20)18-12/h21H,1-8H2,(H,19,22)(H,24,25). The summed E-state index contributed by atoms with van der Waals surface area (Å²) in [7, 11) is 0. The first kappa shape index (κ1) is 17.0. The lowest BCUT2D eigenvalue weighted by molar-refractivity contribution is -0.144. The van der Waals surface area contributed by atoms with Crippen LogP contribution < -0.4 is 10.9 Å². The summed E-state index contributed by atoms with van der Waals surface area (Å²) in [5.74, 6) is -2.65. The van der Waals surface area contributed by atoms with Crippen molar-refractivity contribution >= 4 is 28.2 Å². The number of carboxylic acids is 1. The van der Waals surface area contributed by atoms with Gasteiger partial charge in [-0.1, -0.05) is 12.8 Å². The van der Waals surface area contributed by atoms with Crippen LogP contribution in [0, 0.1) is 0 Å². The number of aryl methyl sites for hydroxylation is 2. The minimum atomic E-state index is -1.39. The Hall–Kier alpha value is -2.42. The second-order valence-electron chi connectivity index (χ2n) is 6.96. The number of carboxylic acid groups (broad SMARTS) is 1. The minimum absolute atomic E-state index is 0.305. The second kappa shape index (κ2) is 6.08. The first-order valence-corrected chi connectivity index (χ1v) is 9.57. The van der Waals surface area contributed by atoms with Gasteiger partial charge in [-0.2, -0.15) is 4.98 Å². The molecule has 9 heteroatoms. The molecule has 0 spiro atoms. The molecule has 138 valence electrons. The SMILES string of the molecule is O=C(NC1(C(=O)O)CCCC1)c1c(O)nc2sc3c(n2c1=O)CCCC3. The van der Waals surface area contributed by atoms with Gasteiger partial charge >= 0.3 is 5.97 Å². The average molecular weight is 377 g/mol. The largest absolute Gasteiger partial charge is 0.492 e. The van der Waals surface area contributed by atoms with Gasteiger partial charge < -0.3 is 15.5 Å². The lowest BCUT2D eigenvalue weighted by Gasteiger charge is -2.25. The Morgan fingerprint density at radius 1 is 1.15 bits per heavy atom. The van der Waals surface area contributed by atoms with Gasteiger partial charge in [0.25, 0.3) is 11.5 Å². The van der Waals surface area contributed by atoms with Gasteiger partial charge in [0.05, 0.1) is 0 Å². The number of rotatable bonds is 3. The van der Waals surface area contributed by atoms with Gasteiger partial charge in [-0.15, -0.1) is 11.3 Å². The molecule has 26 heavy (non-hydrogen) atoms. The first-order chi connectivity index (χ1) is 12.4. The maximum Gasteiger partial charge on any atom is 0.329 e. The van der Waals surface area contributed by atoms with Gasteiger partial charge in [0, 0.05) is 10.6 Å². The maximum absolute atomic E-state index is 12.9. The zero-order valence-electron chi connectivity index (χ0n) is 14.1. The van der Waals surface area contributed by atoms with Crippen molar-refractivity contribution < 1.29 is 19.8 Å². The normalized spacial score (nSPS) is 18.6. The highest BCUT2D eigenvalue weighted by atomic mass is 32.1. The van der Waals surface area contributed by atoms with Crippen molar-refractivity contribution in [1.82, 2.24) is 14.7 Å². The van der Waals surface area contributed by atoms with Gasteiger partial charge in [0.2, 0.25) is 5.88 Å². The van der Waals surface area contributed by atoms with E-state index < -0.39 is 34.4 Å². The highest BCUT2D eigenvalue weighted by molar-refractivity contribution is 7.17. The number of carbonyl (C=O) groups excluding carboxylic acids is 1. The third-order valence-electron chi connectivity index (χ3n) is 5.35. The third-order valence-corrected chi connectivity index (χ3v) is 6.50. The molecular weight excluding hydrogens is 358 g/mol. The Labute approximate surface area is 152 Å². The predicted molar refractivity (Wildman–Crippen MR) is 93.9 cm³/mol. The molecule has 1 saturated carbocycles. The Kier molecular flexibility index (Phi) is 3.98. The van der Waals surface area contributed by atoms with Crippen LogP contribution in [-0.4, -0.2) is 37.0 Å². The van der Waals surface area contributed by atoms with E-state index >= 15 is 0 Å². The summed E-state index contributed by atoms with van der Waals surface area (Å²) in [5.41, 5.74) is -1.66. The van der Waals surface area contributed by atoms with E-state index in [-0.39, 0.29) is 0 Å². The van der Waals surface area contributed by atoms with Crippen molar-refractivity contribution in [3.63, 3.8) is 0 Å². The highest BCUT2D eigenvalue weighted by Gasteiger charge is 2.43. The van der Waals surface area contributed by atoms with Crippen LogP contribution in [0.25, 0.3) is 4.96 Å². The lowest BCUT2D eigenvalue weighted by atomic mass is 9.97. The predicted octanol–water partition coefficient (Wildman–Crippen LogP) is 1.47. The Morgan fingerprint density at radius 2 is 1.85 bits per heavy atom. The smallest absolute Gasteiger partial charge is 0.329 e. The van der Waals surface area contributed by atoms with Crippen molar-refractivity contribution in [2.45, 2.75) is 56.9 Å². The number of amides is 1. The number of aromatic hydroxyl groups is 1. The van der Waals surface area contributed by atoms with E-state index in [1.54, 1.807) is 0 Å². The number of hydrogen-bond acceptors (Lipinski definition) is 6. The van der Waals surface area contributed by atoms with Crippen LogP contribution >= 0.6 is 11.3 Å². The number of carbonyl (C=O) groups is 2. The fourth-order valence-corrected chi connectivity index (χ4v) is 5.16. The summed E-state index contributed by atoms with van der Waals surface area (Å²) in [4.78, 5) is 42.7. The molecule has 0 aliphatic heterocycles. The Balaban J connectivity index is 1.80. The van der Waals surface area contributed by atoms with Crippen LogP contribution in [0.1, 0.15) is 59.5 Å². The van der Waals surface area contributed by atoms with E-state index in [2.05, 4.69) is 10.3 Å². The van der Waals surface area contributed by atoms with Crippen molar-refractivity contribution in [2.24, 2.45) is 0 Å². The Bertz CT molecular complexity index is 971. The molecular formula is C17H19N3O5S. The molecule has 2 heterocycles. The first-order valence-electron chi connectivity index (χ1n) is 8.75. The van der Waals surface area contributed by atoms with Crippen molar-refractivity contribution in [1.29, 1.82) is 0 Å². The summed E-state index contributed by atoms with van der Waals surface area (Å²) in [5, 5.41) is 22.2. The van der Waals surface area contributed by atoms with Crippen molar-refractivity contribution in [2.75, 3.05) is 0 Å². The number of aliphatic carboxylic acids is 1. The van der Waals surface area contributed by atoms with E-state index in [1.807, 2.05) is 0 Å². The lowest BCUT2D eigenvalue weighted by Crippen LogP contribution is -2.53. The van der Waals surface area contributed by atoms with Crippen LogP contribution in [-0.2, 0) is 17.6 Å². The molecule has 3 N–H and O–H groups in total. The van der Waals surface area contributed by atoms with Gasteiger partial charge in [-0.25, -0.2) is 4.79 Å². The summed E-state index contributed by atoms with van der Waals surface area (Å²) < 4.78 is 1.40. The van der Waals surface area contributed by atoms with E-state index in [0.717, 1.165) is 36.3 Å². The molecule has 0 atom stereocenters. The molecule has 2 aliphatic rings. The van der Waals surface area contributed by atoms with E-state index in [1.165, 1.54) is 15.7 Å². The van der Waals surface area contributed by atoms with Gasteiger partial charge in [-0.3, -0.25) is 14.0 Å². The summed E-state index contributed by atoms with van der Waals surface area (Å²) in [6.45, 7) is 0. The number of hydrogen-bond donors (Lipinski definition) is 3. The molecule has 0 aromatic carbocycles. The van der Waals surface area contributed by atoms with Crippen LogP contribution in [0.15, 0.2) is 4.79 Å². The average Bonchev–Trinajstić information content (AvgIpc) is 3.19. The molecule has 2 aliphatic carbocycles. The third kappa shape index (κ3) is 2.49.